The summed E-state index contributed by atoms with van der Waals surface area (Å²) in [5, 5.41) is 48.3. The number of benzene rings is 1. The van der Waals surface area contributed by atoms with Crippen LogP contribution in [0.1, 0.15) is 12.5 Å². The van der Waals surface area contributed by atoms with Gasteiger partial charge in [-0.15, -0.1) is 0 Å². The van der Waals surface area contributed by atoms with Crippen molar-refractivity contribution >= 4 is 35.5 Å². The Labute approximate surface area is 217 Å². The maximum atomic E-state index is 13.0. The molecule has 16 heteroatoms. The monoisotopic (exact) mass is 540 g/mol. The average molecular weight is 541 g/mol. The second kappa shape index (κ2) is 15.7. The molecule has 1 aromatic carbocycles. The molecule has 0 aliphatic heterocycles. The summed E-state index contributed by atoms with van der Waals surface area (Å²) in [5.41, 5.74) is 5.67. The fraction of sp³-hybridized carbons (Fsp3) is 0.455. The van der Waals surface area contributed by atoms with E-state index in [1.807, 2.05) is 0 Å². The van der Waals surface area contributed by atoms with E-state index in [0.29, 0.717) is 5.56 Å². The van der Waals surface area contributed by atoms with E-state index in [4.69, 9.17) is 10.8 Å². The van der Waals surface area contributed by atoms with Crippen LogP contribution in [0, 0.1) is 0 Å². The van der Waals surface area contributed by atoms with Crippen molar-refractivity contribution in [2.75, 3.05) is 26.3 Å². The summed E-state index contributed by atoms with van der Waals surface area (Å²) in [4.78, 5) is 72.2. The first-order valence-electron chi connectivity index (χ1n) is 11.3. The van der Waals surface area contributed by atoms with E-state index < -0.39 is 86.0 Å². The van der Waals surface area contributed by atoms with Crippen LogP contribution in [0.4, 0.5) is 0 Å². The van der Waals surface area contributed by atoms with Gasteiger partial charge >= 0.3 is 5.97 Å². The highest BCUT2D eigenvalue weighted by atomic mass is 16.4. The first-order valence-corrected chi connectivity index (χ1v) is 11.3. The van der Waals surface area contributed by atoms with E-state index in [-0.39, 0.29) is 12.2 Å². The molecule has 0 aromatic heterocycles. The largest absolute Gasteiger partial charge is 0.508 e. The van der Waals surface area contributed by atoms with Crippen molar-refractivity contribution in [2.45, 2.75) is 37.5 Å². The fourth-order valence-corrected chi connectivity index (χ4v) is 2.96. The number of phenols is 1. The highest BCUT2D eigenvalue weighted by Gasteiger charge is 2.30. The van der Waals surface area contributed by atoms with E-state index in [2.05, 4.69) is 26.6 Å². The van der Waals surface area contributed by atoms with Crippen LogP contribution >= 0.6 is 0 Å². The third kappa shape index (κ3) is 10.8. The van der Waals surface area contributed by atoms with Gasteiger partial charge in [0.1, 0.15) is 36.5 Å². The van der Waals surface area contributed by atoms with Gasteiger partial charge in [0.15, 0.2) is 0 Å². The number of aliphatic hydroxyl groups is 2. The Morgan fingerprint density at radius 3 is 1.82 bits per heavy atom. The van der Waals surface area contributed by atoms with E-state index in [1.165, 1.54) is 31.2 Å². The molecule has 0 saturated heterocycles. The molecule has 0 unspecified atom stereocenters. The number of amides is 5. The van der Waals surface area contributed by atoms with Gasteiger partial charge in [-0.1, -0.05) is 12.1 Å². The number of aromatic hydroxyl groups is 1. The predicted octanol–water partition coefficient (Wildman–Crippen LogP) is -4.96. The van der Waals surface area contributed by atoms with Gasteiger partial charge in [0.2, 0.25) is 29.5 Å². The van der Waals surface area contributed by atoms with Crippen LogP contribution in [0.2, 0.25) is 0 Å². The normalized spacial score (nSPS) is 13.7. The number of carboxylic acid groups (broad SMARTS) is 1. The lowest BCUT2D eigenvalue weighted by atomic mass is 10.0. The van der Waals surface area contributed by atoms with Crippen LogP contribution in [0.15, 0.2) is 24.3 Å². The second-order valence-electron chi connectivity index (χ2n) is 8.02. The number of carbonyl (C=O) groups excluding carboxylic acids is 5. The number of hydrogen-bond donors (Lipinski definition) is 10. The SMILES string of the molecule is C[C@H](NC(=O)[C@H](CO)NC(=O)[C@H](Cc1ccc(O)cc1)NC(=O)[C@H](CO)NC(=O)CN)C(=O)NCC(=O)O. The highest BCUT2D eigenvalue weighted by Crippen LogP contribution is 2.12. The van der Waals surface area contributed by atoms with Crippen molar-refractivity contribution in [2.24, 2.45) is 5.73 Å². The zero-order valence-electron chi connectivity index (χ0n) is 20.5. The van der Waals surface area contributed by atoms with Crippen LogP contribution in [0.3, 0.4) is 0 Å². The molecule has 38 heavy (non-hydrogen) atoms. The van der Waals surface area contributed by atoms with Crippen molar-refractivity contribution in [1.82, 2.24) is 26.6 Å². The maximum Gasteiger partial charge on any atom is 0.322 e. The van der Waals surface area contributed by atoms with Crippen LogP contribution in [0.5, 0.6) is 5.75 Å². The number of rotatable bonds is 15. The lowest BCUT2D eigenvalue weighted by Gasteiger charge is -2.25. The van der Waals surface area contributed by atoms with Gasteiger partial charge in [0, 0.05) is 6.42 Å². The Hall–Kier alpha value is -4.28. The number of hydrogen-bond acceptors (Lipinski definition) is 10. The first kappa shape index (κ1) is 31.7. The van der Waals surface area contributed by atoms with Crippen molar-refractivity contribution in [3.05, 3.63) is 29.8 Å². The quantitative estimate of drug-likeness (QED) is 0.101. The zero-order chi connectivity index (χ0) is 28.8. The Balaban J connectivity index is 3.01. The van der Waals surface area contributed by atoms with Gasteiger partial charge in [-0.25, -0.2) is 0 Å². The van der Waals surface area contributed by atoms with Gasteiger partial charge in [-0.2, -0.15) is 0 Å². The summed E-state index contributed by atoms with van der Waals surface area (Å²) in [7, 11) is 0. The van der Waals surface area contributed by atoms with E-state index in [1.54, 1.807) is 0 Å². The van der Waals surface area contributed by atoms with Crippen molar-refractivity contribution in [3.63, 3.8) is 0 Å². The number of phenolic OH excluding ortho intramolecular Hbond substituents is 1. The highest BCUT2D eigenvalue weighted by molar-refractivity contribution is 5.96. The summed E-state index contributed by atoms with van der Waals surface area (Å²) in [5.74, 6) is -5.77. The van der Waals surface area contributed by atoms with Crippen LogP contribution in [0.25, 0.3) is 0 Å². The van der Waals surface area contributed by atoms with E-state index >= 15 is 0 Å². The minimum absolute atomic E-state index is 0.0536. The molecular formula is C22H32N6O10. The number of nitrogens with two attached hydrogens (primary N) is 1. The lowest BCUT2D eigenvalue weighted by molar-refractivity contribution is -0.138. The Kier molecular flexibility index (Phi) is 13.2. The number of nitrogens with one attached hydrogen (secondary N) is 5. The summed E-state index contributed by atoms with van der Waals surface area (Å²) >= 11 is 0. The first-order chi connectivity index (χ1) is 17.9. The fourth-order valence-electron chi connectivity index (χ4n) is 2.96. The molecule has 1 rings (SSSR count). The molecule has 1 aromatic rings. The Morgan fingerprint density at radius 2 is 1.29 bits per heavy atom. The molecule has 0 radical (unpaired) electrons. The predicted molar refractivity (Wildman–Crippen MR) is 129 cm³/mol. The second-order valence-corrected chi connectivity index (χ2v) is 8.02. The van der Waals surface area contributed by atoms with Gasteiger partial charge in [-0.05, 0) is 24.6 Å². The zero-order valence-corrected chi connectivity index (χ0v) is 20.5. The lowest BCUT2D eigenvalue weighted by Crippen LogP contribution is -2.60. The van der Waals surface area contributed by atoms with E-state index in [9.17, 15) is 44.1 Å². The molecule has 210 valence electrons. The molecule has 5 amide bonds. The van der Waals surface area contributed by atoms with Crippen molar-refractivity contribution < 1.29 is 49.2 Å². The maximum absolute atomic E-state index is 13.0. The van der Waals surface area contributed by atoms with Crippen molar-refractivity contribution in [3.8, 4) is 5.75 Å². The van der Waals surface area contributed by atoms with Gasteiger partial charge < -0.3 is 52.7 Å². The molecule has 0 heterocycles. The molecule has 0 aliphatic rings. The van der Waals surface area contributed by atoms with Crippen LogP contribution in [-0.2, 0) is 35.2 Å². The molecule has 0 saturated carbocycles. The molecule has 0 fully saturated rings. The van der Waals surface area contributed by atoms with Gasteiger partial charge in [0.05, 0.1) is 19.8 Å². The van der Waals surface area contributed by atoms with Crippen LogP contribution in [-0.4, -0.2) is 106 Å². The van der Waals surface area contributed by atoms with Gasteiger partial charge in [-0.3, -0.25) is 28.8 Å². The smallest absolute Gasteiger partial charge is 0.322 e. The molecule has 0 spiro atoms. The Morgan fingerprint density at radius 1 is 0.789 bits per heavy atom. The molecule has 0 bridgehead atoms. The third-order valence-electron chi connectivity index (χ3n) is 5.01. The molecule has 11 N–H and O–H groups in total. The minimum Gasteiger partial charge on any atom is -0.508 e. The molecule has 0 aliphatic carbocycles. The number of aliphatic carboxylic acids is 1. The molecule has 4 atom stereocenters. The third-order valence-corrected chi connectivity index (χ3v) is 5.01. The van der Waals surface area contributed by atoms with Crippen LogP contribution < -0.4 is 32.3 Å². The Bertz CT molecular complexity index is 1000. The number of carboxylic acids is 1. The molecule has 16 nitrogen and oxygen atoms in total. The summed E-state index contributed by atoms with van der Waals surface area (Å²) < 4.78 is 0. The summed E-state index contributed by atoms with van der Waals surface area (Å²) in [6, 6.07) is 0.0103. The number of carbonyl (C=O) groups is 6. The van der Waals surface area contributed by atoms with Gasteiger partial charge in [0.25, 0.3) is 0 Å². The minimum atomic E-state index is -1.57. The standard InChI is InChI=1S/C22H32N6O10/c1-11(19(35)24-8-18(33)34)25-21(37)16(10-30)28-20(36)14(6-12-2-4-13(31)5-3-12)27-22(38)15(9-29)26-17(32)7-23/h2-5,11,14-16,29-31H,6-10,23H2,1H3,(H,24,35)(H,25,37)(H,26,32)(H,27,38)(H,28,36)(H,33,34)/t11-,14-,15-,16-/m0/s1. The topological polar surface area (TPSA) is 270 Å². The average Bonchev–Trinajstić information content (AvgIpc) is 2.88. The summed E-state index contributed by atoms with van der Waals surface area (Å²) in [6.45, 7) is -1.59. The molecular weight excluding hydrogens is 508 g/mol. The summed E-state index contributed by atoms with van der Waals surface area (Å²) in [6.07, 6.45) is -0.158. The number of aliphatic hydroxyl groups excluding tert-OH is 2. The van der Waals surface area contributed by atoms with Crippen molar-refractivity contribution in [1.29, 1.82) is 0 Å². The van der Waals surface area contributed by atoms with E-state index in [0.717, 1.165) is 0 Å².